The molecule has 5 heteroatoms. The van der Waals surface area contributed by atoms with E-state index in [1.165, 1.54) is 16.9 Å². The zero-order chi connectivity index (χ0) is 16.8. The lowest BCUT2D eigenvalue weighted by molar-refractivity contribution is 0.301. The second-order valence-corrected chi connectivity index (χ2v) is 6.64. The molecule has 3 aromatic rings. The van der Waals surface area contributed by atoms with Crippen molar-refractivity contribution in [1.29, 1.82) is 0 Å². The number of ether oxygens (including phenoxy) is 2. The summed E-state index contributed by atoms with van der Waals surface area (Å²) < 4.78 is 11.3. The zero-order valence-electron chi connectivity index (χ0n) is 13.4. The standard InChI is InChI=1S/C19H18ClNO2S/c1-22-16-9-10-17(23-12-19-21-18(20)13-24-19)15(11-16)8-7-14-5-3-2-4-6-14/h2-6,9-11,13H,7-8,12H2,1H3. The minimum Gasteiger partial charge on any atom is -0.497 e. The first kappa shape index (κ1) is 16.8. The highest BCUT2D eigenvalue weighted by Gasteiger charge is 2.08. The molecule has 0 amide bonds. The van der Waals surface area contributed by atoms with Crippen LogP contribution in [-0.4, -0.2) is 12.1 Å². The van der Waals surface area contributed by atoms with Gasteiger partial charge >= 0.3 is 0 Å². The first-order valence-electron chi connectivity index (χ1n) is 7.68. The van der Waals surface area contributed by atoms with Crippen LogP contribution in [0.25, 0.3) is 0 Å². The number of rotatable bonds is 7. The lowest BCUT2D eigenvalue weighted by Crippen LogP contribution is -2.00. The summed E-state index contributed by atoms with van der Waals surface area (Å²) in [6, 6.07) is 16.3. The molecule has 0 fully saturated rings. The predicted octanol–water partition coefficient (Wildman–Crippen LogP) is 5.17. The van der Waals surface area contributed by atoms with Crippen LogP contribution < -0.4 is 9.47 Å². The minimum absolute atomic E-state index is 0.419. The van der Waals surface area contributed by atoms with E-state index in [4.69, 9.17) is 21.1 Å². The van der Waals surface area contributed by atoms with Crippen molar-refractivity contribution in [3.63, 3.8) is 0 Å². The maximum Gasteiger partial charge on any atom is 0.140 e. The number of methoxy groups -OCH3 is 1. The summed E-state index contributed by atoms with van der Waals surface area (Å²) >= 11 is 7.36. The molecule has 0 N–H and O–H groups in total. The molecule has 0 spiro atoms. The fraction of sp³-hybridized carbons (Fsp3) is 0.211. The van der Waals surface area contributed by atoms with E-state index in [-0.39, 0.29) is 0 Å². The van der Waals surface area contributed by atoms with E-state index in [1.54, 1.807) is 7.11 Å². The highest BCUT2D eigenvalue weighted by atomic mass is 35.5. The maximum atomic E-state index is 5.96. The van der Waals surface area contributed by atoms with Crippen molar-refractivity contribution in [2.45, 2.75) is 19.4 Å². The van der Waals surface area contributed by atoms with E-state index < -0.39 is 0 Å². The fourth-order valence-electron chi connectivity index (χ4n) is 2.44. The van der Waals surface area contributed by atoms with Gasteiger partial charge in [-0.3, -0.25) is 0 Å². The molecule has 3 rings (SSSR count). The summed E-state index contributed by atoms with van der Waals surface area (Å²) in [4.78, 5) is 4.22. The summed E-state index contributed by atoms with van der Waals surface area (Å²) in [5, 5.41) is 3.19. The zero-order valence-corrected chi connectivity index (χ0v) is 14.9. The average molecular weight is 360 g/mol. The minimum atomic E-state index is 0.419. The van der Waals surface area contributed by atoms with Crippen LogP contribution in [0.1, 0.15) is 16.1 Å². The summed E-state index contributed by atoms with van der Waals surface area (Å²) in [7, 11) is 1.68. The van der Waals surface area contributed by atoms with Gasteiger partial charge in [0.1, 0.15) is 28.3 Å². The molecular weight excluding hydrogens is 342 g/mol. The Hall–Kier alpha value is -2.04. The molecule has 0 aliphatic carbocycles. The number of aromatic nitrogens is 1. The van der Waals surface area contributed by atoms with Crippen LogP contribution in [0.3, 0.4) is 0 Å². The maximum absolute atomic E-state index is 5.96. The van der Waals surface area contributed by atoms with Gasteiger partial charge in [-0.05, 0) is 42.2 Å². The average Bonchev–Trinajstić information content (AvgIpc) is 3.04. The van der Waals surface area contributed by atoms with Gasteiger partial charge in [-0.1, -0.05) is 41.9 Å². The van der Waals surface area contributed by atoms with Crippen LogP contribution in [0.2, 0.25) is 5.15 Å². The van der Waals surface area contributed by atoms with Crippen molar-refractivity contribution in [3.8, 4) is 11.5 Å². The highest BCUT2D eigenvalue weighted by molar-refractivity contribution is 7.10. The third-order valence-corrected chi connectivity index (χ3v) is 4.81. The van der Waals surface area contributed by atoms with Gasteiger partial charge < -0.3 is 9.47 Å². The molecule has 0 atom stereocenters. The van der Waals surface area contributed by atoms with Gasteiger partial charge in [-0.25, -0.2) is 4.98 Å². The molecule has 1 heterocycles. The molecule has 0 saturated heterocycles. The van der Waals surface area contributed by atoms with Crippen molar-refractivity contribution in [3.05, 3.63) is 75.2 Å². The number of hydrogen-bond donors (Lipinski definition) is 0. The summed E-state index contributed by atoms with van der Waals surface area (Å²) in [6.45, 7) is 0.419. The van der Waals surface area contributed by atoms with Crippen molar-refractivity contribution >= 4 is 22.9 Å². The van der Waals surface area contributed by atoms with Crippen LogP contribution in [-0.2, 0) is 19.4 Å². The van der Waals surface area contributed by atoms with Gasteiger partial charge in [0, 0.05) is 5.38 Å². The molecule has 0 radical (unpaired) electrons. The molecule has 0 aliphatic rings. The molecule has 0 bridgehead atoms. The Kier molecular flexibility index (Phi) is 5.72. The summed E-state index contributed by atoms with van der Waals surface area (Å²) in [5.41, 5.74) is 2.43. The van der Waals surface area contributed by atoms with E-state index >= 15 is 0 Å². The van der Waals surface area contributed by atoms with E-state index in [0.29, 0.717) is 11.8 Å². The molecule has 24 heavy (non-hydrogen) atoms. The van der Waals surface area contributed by atoms with Gasteiger partial charge in [0.25, 0.3) is 0 Å². The Balaban J connectivity index is 1.72. The van der Waals surface area contributed by atoms with E-state index in [9.17, 15) is 0 Å². The third-order valence-electron chi connectivity index (χ3n) is 3.67. The number of thiazole rings is 1. The predicted molar refractivity (Wildman–Crippen MR) is 98.3 cm³/mol. The van der Waals surface area contributed by atoms with Gasteiger partial charge in [0.15, 0.2) is 0 Å². The quantitative estimate of drug-likeness (QED) is 0.583. The second kappa shape index (κ2) is 8.18. The number of aryl methyl sites for hydroxylation is 2. The molecular formula is C19H18ClNO2S. The number of hydrogen-bond acceptors (Lipinski definition) is 4. The van der Waals surface area contributed by atoms with Gasteiger partial charge in [-0.15, -0.1) is 11.3 Å². The van der Waals surface area contributed by atoms with Crippen LogP contribution in [0.15, 0.2) is 53.9 Å². The van der Waals surface area contributed by atoms with Crippen LogP contribution >= 0.6 is 22.9 Å². The Morgan fingerprint density at radius 3 is 2.62 bits per heavy atom. The number of nitrogens with zero attached hydrogens (tertiary/aromatic N) is 1. The first-order chi connectivity index (χ1) is 11.7. The van der Waals surface area contributed by atoms with Crippen molar-refractivity contribution in [2.24, 2.45) is 0 Å². The Morgan fingerprint density at radius 1 is 1.08 bits per heavy atom. The normalized spacial score (nSPS) is 10.6. The van der Waals surface area contributed by atoms with E-state index in [2.05, 4.69) is 29.2 Å². The fourth-order valence-corrected chi connectivity index (χ4v) is 3.29. The topological polar surface area (TPSA) is 31.4 Å². The number of halogens is 1. The molecule has 3 nitrogen and oxygen atoms in total. The van der Waals surface area contributed by atoms with Gasteiger partial charge in [-0.2, -0.15) is 0 Å². The van der Waals surface area contributed by atoms with E-state index in [1.807, 2.05) is 29.6 Å². The molecule has 0 saturated carbocycles. The molecule has 2 aromatic carbocycles. The summed E-state index contributed by atoms with van der Waals surface area (Å²) in [5.74, 6) is 1.70. The van der Waals surface area contributed by atoms with Crippen molar-refractivity contribution < 1.29 is 9.47 Å². The highest BCUT2D eigenvalue weighted by Crippen LogP contribution is 2.27. The van der Waals surface area contributed by atoms with Crippen molar-refractivity contribution in [1.82, 2.24) is 4.98 Å². The molecule has 124 valence electrons. The van der Waals surface area contributed by atoms with Crippen LogP contribution in [0.4, 0.5) is 0 Å². The smallest absolute Gasteiger partial charge is 0.140 e. The molecule has 0 aliphatic heterocycles. The monoisotopic (exact) mass is 359 g/mol. The molecule has 0 unspecified atom stereocenters. The van der Waals surface area contributed by atoms with E-state index in [0.717, 1.165) is 34.9 Å². The SMILES string of the molecule is COc1ccc(OCc2nc(Cl)cs2)c(CCc2ccccc2)c1. The Morgan fingerprint density at radius 2 is 1.92 bits per heavy atom. The lowest BCUT2D eigenvalue weighted by Gasteiger charge is -2.12. The second-order valence-electron chi connectivity index (χ2n) is 5.31. The first-order valence-corrected chi connectivity index (χ1v) is 8.94. The Labute approximate surface area is 150 Å². The van der Waals surface area contributed by atoms with Gasteiger partial charge in [0.05, 0.1) is 7.11 Å². The molecule has 1 aromatic heterocycles. The van der Waals surface area contributed by atoms with Crippen LogP contribution in [0.5, 0.6) is 11.5 Å². The summed E-state index contributed by atoms with van der Waals surface area (Å²) in [6.07, 6.45) is 1.84. The Bertz CT molecular complexity index is 789. The van der Waals surface area contributed by atoms with Crippen molar-refractivity contribution in [2.75, 3.05) is 7.11 Å². The third kappa shape index (κ3) is 4.49. The largest absolute Gasteiger partial charge is 0.497 e. The van der Waals surface area contributed by atoms with Crippen LogP contribution in [0, 0.1) is 0 Å². The number of benzene rings is 2. The lowest BCUT2D eigenvalue weighted by atomic mass is 10.0. The van der Waals surface area contributed by atoms with Gasteiger partial charge in [0.2, 0.25) is 0 Å².